The van der Waals surface area contributed by atoms with Crippen LogP contribution in [-0.4, -0.2) is 15.0 Å². The Kier molecular flexibility index (Phi) is 2.76. The summed E-state index contributed by atoms with van der Waals surface area (Å²) >= 11 is 0. The van der Waals surface area contributed by atoms with Gasteiger partial charge < -0.3 is 5.73 Å². The maximum absolute atomic E-state index is 6.14. The predicted molar refractivity (Wildman–Crippen MR) is 75.9 cm³/mol. The first-order chi connectivity index (χ1) is 9.25. The van der Waals surface area contributed by atoms with Gasteiger partial charge in [-0.05, 0) is 19.1 Å². The summed E-state index contributed by atoms with van der Waals surface area (Å²) in [6.45, 7) is 2.05. The normalized spacial score (nSPS) is 10.6. The number of nitrogens with two attached hydrogens (primary N) is 1. The first-order valence-corrected chi connectivity index (χ1v) is 6.09. The molecular formula is C15H14N4. The number of nitrogens with zero attached hydrogens (tertiary/aromatic N) is 3. The van der Waals surface area contributed by atoms with Gasteiger partial charge in [0.25, 0.3) is 0 Å². The third-order valence-corrected chi connectivity index (χ3v) is 3.03. The highest BCUT2D eigenvalue weighted by atomic mass is 15.5. The summed E-state index contributed by atoms with van der Waals surface area (Å²) in [6.07, 6.45) is 0. The lowest BCUT2D eigenvalue weighted by atomic mass is 10.1. The number of rotatable bonds is 2. The Labute approximate surface area is 111 Å². The van der Waals surface area contributed by atoms with Crippen LogP contribution in [0, 0.1) is 6.92 Å². The molecule has 0 atom stereocenters. The molecule has 1 aromatic heterocycles. The Morgan fingerprint density at radius 3 is 2.32 bits per heavy atom. The van der Waals surface area contributed by atoms with Crippen LogP contribution in [0.15, 0.2) is 54.6 Å². The zero-order chi connectivity index (χ0) is 13.2. The van der Waals surface area contributed by atoms with Crippen LogP contribution in [0.1, 0.15) is 5.56 Å². The Bertz CT molecular complexity index is 684. The highest BCUT2D eigenvalue weighted by Gasteiger charge is 2.12. The maximum atomic E-state index is 6.14. The molecule has 19 heavy (non-hydrogen) atoms. The van der Waals surface area contributed by atoms with E-state index in [0.29, 0.717) is 11.5 Å². The van der Waals surface area contributed by atoms with Gasteiger partial charge in [0, 0.05) is 5.56 Å². The van der Waals surface area contributed by atoms with E-state index in [1.54, 1.807) is 4.68 Å². The number of para-hydroxylation sites is 1. The van der Waals surface area contributed by atoms with Crippen molar-refractivity contribution in [3.8, 4) is 16.9 Å². The van der Waals surface area contributed by atoms with Gasteiger partial charge in [-0.15, -0.1) is 5.10 Å². The van der Waals surface area contributed by atoms with E-state index in [2.05, 4.69) is 10.3 Å². The lowest BCUT2D eigenvalue weighted by Crippen LogP contribution is -2.01. The molecule has 4 heteroatoms. The summed E-state index contributed by atoms with van der Waals surface area (Å²) in [4.78, 5) is 0. The van der Waals surface area contributed by atoms with Gasteiger partial charge in [-0.1, -0.05) is 53.2 Å². The van der Waals surface area contributed by atoms with Crippen molar-refractivity contribution in [3.63, 3.8) is 0 Å². The van der Waals surface area contributed by atoms with Crippen molar-refractivity contribution in [2.24, 2.45) is 0 Å². The Hall–Kier alpha value is -2.62. The second kappa shape index (κ2) is 4.57. The van der Waals surface area contributed by atoms with E-state index in [0.717, 1.165) is 11.3 Å². The molecule has 1 heterocycles. The molecule has 3 rings (SSSR count). The van der Waals surface area contributed by atoms with Crippen molar-refractivity contribution in [2.75, 3.05) is 5.73 Å². The number of nitrogen functional groups attached to an aromatic ring is 1. The largest absolute Gasteiger partial charge is 0.382 e. The highest BCUT2D eigenvalue weighted by molar-refractivity contribution is 5.71. The molecule has 0 aliphatic rings. The molecule has 4 nitrogen and oxygen atoms in total. The molecule has 0 amide bonds. The molecule has 0 saturated heterocycles. The second-order valence-corrected chi connectivity index (χ2v) is 4.44. The minimum absolute atomic E-state index is 0.551. The SMILES string of the molecule is Cc1ccc(-c2nnn(-c3ccccc3)c2N)cc1. The van der Waals surface area contributed by atoms with Gasteiger partial charge in [0.1, 0.15) is 5.69 Å². The van der Waals surface area contributed by atoms with Gasteiger partial charge in [-0.25, -0.2) is 0 Å². The topological polar surface area (TPSA) is 56.7 Å². The molecule has 2 N–H and O–H groups in total. The van der Waals surface area contributed by atoms with Gasteiger partial charge in [0.05, 0.1) is 5.69 Å². The van der Waals surface area contributed by atoms with E-state index in [1.807, 2.05) is 61.5 Å². The molecule has 0 saturated carbocycles. The molecule has 94 valence electrons. The summed E-state index contributed by atoms with van der Waals surface area (Å²) in [6, 6.07) is 17.8. The van der Waals surface area contributed by atoms with Crippen LogP contribution in [-0.2, 0) is 0 Å². The number of hydrogen-bond donors (Lipinski definition) is 1. The minimum Gasteiger partial charge on any atom is -0.382 e. The van der Waals surface area contributed by atoms with E-state index in [-0.39, 0.29) is 0 Å². The van der Waals surface area contributed by atoms with Gasteiger partial charge in [0.15, 0.2) is 5.82 Å². The smallest absolute Gasteiger partial charge is 0.155 e. The van der Waals surface area contributed by atoms with Crippen LogP contribution in [0.25, 0.3) is 16.9 Å². The van der Waals surface area contributed by atoms with Crippen LogP contribution < -0.4 is 5.73 Å². The van der Waals surface area contributed by atoms with E-state index >= 15 is 0 Å². The Balaban J connectivity index is 2.06. The first kappa shape index (κ1) is 11.5. The fraction of sp³-hybridized carbons (Fsp3) is 0.0667. The van der Waals surface area contributed by atoms with E-state index in [4.69, 9.17) is 5.73 Å². The number of anilines is 1. The molecule has 0 fully saturated rings. The number of aryl methyl sites for hydroxylation is 1. The van der Waals surface area contributed by atoms with Crippen LogP contribution in [0.4, 0.5) is 5.82 Å². The van der Waals surface area contributed by atoms with E-state index in [9.17, 15) is 0 Å². The van der Waals surface area contributed by atoms with Gasteiger partial charge in [-0.2, -0.15) is 4.68 Å². The van der Waals surface area contributed by atoms with Crippen LogP contribution >= 0.6 is 0 Å². The lowest BCUT2D eigenvalue weighted by molar-refractivity contribution is 0.810. The number of hydrogen-bond acceptors (Lipinski definition) is 3. The maximum Gasteiger partial charge on any atom is 0.155 e. The number of benzene rings is 2. The quantitative estimate of drug-likeness (QED) is 0.760. The summed E-state index contributed by atoms with van der Waals surface area (Å²) < 4.78 is 1.65. The van der Waals surface area contributed by atoms with Crippen molar-refractivity contribution in [1.82, 2.24) is 15.0 Å². The molecule has 0 unspecified atom stereocenters. The molecule has 3 aromatic rings. The third kappa shape index (κ3) is 2.08. The molecule has 2 aromatic carbocycles. The van der Waals surface area contributed by atoms with Crippen molar-refractivity contribution >= 4 is 5.82 Å². The molecular weight excluding hydrogens is 236 g/mol. The summed E-state index contributed by atoms with van der Waals surface area (Å²) in [5, 5.41) is 8.31. The monoisotopic (exact) mass is 250 g/mol. The summed E-state index contributed by atoms with van der Waals surface area (Å²) in [5.74, 6) is 0.551. The van der Waals surface area contributed by atoms with E-state index < -0.39 is 0 Å². The highest BCUT2D eigenvalue weighted by Crippen LogP contribution is 2.25. The zero-order valence-corrected chi connectivity index (χ0v) is 10.6. The molecule has 0 radical (unpaired) electrons. The standard InChI is InChI=1S/C15H14N4/c1-11-7-9-12(10-8-11)14-15(16)19(18-17-14)13-5-3-2-4-6-13/h2-10H,16H2,1H3. The molecule has 0 aliphatic heterocycles. The van der Waals surface area contributed by atoms with Gasteiger partial charge in [0.2, 0.25) is 0 Å². The van der Waals surface area contributed by atoms with Crippen molar-refractivity contribution in [3.05, 3.63) is 60.2 Å². The van der Waals surface area contributed by atoms with Crippen molar-refractivity contribution in [1.29, 1.82) is 0 Å². The average molecular weight is 250 g/mol. The summed E-state index contributed by atoms with van der Waals surface area (Å²) in [5.41, 5.74) is 9.95. The first-order valence-electron chi connectivity index (χ1n) is 6.09. The van der Waals surface area contributed by atoms with Crippen molar-refractivity contribution in [2.45, 2.75) is 6.92 Å². The number of aromatic nitrogens is 3. The average Bonchev–Trinajstić information content (AvgIpc) is 2.83. The van der Waals surface area contributed by atoms with E-state index in [1.165, 1.54) is 5.56 Å². The Morgan fingerprint density at radius 2 is 1.63 bits per heavy atom. The molecule has 0 aliphatic carbocycles. The van der Waals surface area contributed by atoms with Gasteiger partial charge in [-0.3, -0.25) is 0 Å². The van der Waals surface area contributed by atoms with Crippen LogP contribution in [0.3, 0.4) is 0 Å². The van der Waals surface area contributed by atoms with Crippen molar-refractivity contribution < 1.29 is 0 Å². The fourth-order valence-electron chi connectivity index (χ4n) is 1.97. The van der Waals surface area contributed by atoms with Gasteiger partial charge >= 0.3 is 0 Å². The summed E-state index contributed by atoms with van der Waals surface area (Å²) in [7, 11) is 0. The zero-order valence-electron chi connectivity index (χ0n) is 10.6. The Morgan fingerprint density at radius 1 is 0.947 bits per heavy atom. The predicted octanol–water partition coefficient (Wildman–Crippen LogP) is 2.82. The second-order valence-electron chi connectivity index (χ2n) is 4.44. The minimum atomic E-state index is 0.551. The van der Waals surface area contributed by atoms with Crippen LogP contribution in [0.5, 0.6) is 0 Å². The lowest BCUT2D eigenvalue weighted by Gasteiger charge is -2.03. The fourth-order valence-corrected chi connectivity index (χ4v) is 1.97. The third-order valence-electron chi connectivity index (χ3n) is 3.03. The molecule has 0 bridgehead atoms. The van der Waals surface area contributed by atoms with Crippen LogP contribution in [0.2, 0.25) is 0 Å². The molecule has 0 spiro atoms.